The number of nitrogens with zero attached hydrogens (tertiary/aromatic N) is 2. The highest BCUT2D eigenvalue weighted by molar-refractivity contribution is 5.90. The van der Waals surface area contributed by atoms with Crippen molar-refractivity contribution in [1.29, 1.82) is 0 Å². The van der Waals surface area contributed by atoms with Crippen LogP contribution in [0.15, 0.2) is 60.9 Å². The van der Waals surface area contributed by atoms with Gasteiger partial charge in [-0.1, -0.05) is 84.9 Å². The van der Waals surface area contributed by atoms with E-state index in [0.29, 0.717) is 19.3 Å². The van der Waals surface area contributed by atoms with Crippen LogP contribution in [0.1, 0.15) is 66.0 Å². The van der Waals surface area contributed by atoms with E-state index >= 15 is 0 Å². The van der Waals surface area contributed by atoms with Crippen LogP contribution in [0.3, 0.4) is 0 Å². The largest absolute Gasteiger partial charge is 0.305 e. The first-order valence-electron chi connectivity index (χ1n) is 14.4. The molecular formula is C33H44N4O2. The van der Waals surface area contributed by atoms with Crippen molar-refractivity contribution in [3.63, 3.8) is 0 Å². The van der Waals surface area contributed by atoms with Crippen molar-refractivity contribution < 1.29 is 9.59 Å². The van der Waals surface area contributed by atoms with Gasteiger partial charge in [0, 0.05) is 47.6 Å². The number of rotatable bonds is 13. The maximum Gasteiger partial charge on any atom is 0.152 e. The molecule has 0 amide bonds. The maximum atomic E-state index is 13.1. The SMILES string of the molecule is CCC(=O)[C@H](Cc1cn(-n2cc(C[C@H](NC(C)C)C(=O)C(C)C)c3ccccc32)c2ccccc12)NC(C)C. The van der Waals surface area contributed by atoms with Crippen LogP contribution in [0.4, 0.5) is 0 Å². The zero-order chi connectivity index (χ0) is 28.3. The fourth-order valence-corrected chi connectivity index (χ4v) is 5.55. The minimum absolute atomic E-state index is 0.0382. The number of para-hydroxylation sites is 2. The normalized spacial score (nSPS) is 13.7. The summed E-state index contributed by atoms with van der Waals surface area (Å²) in [4.78, 5) is 25.9. The smallest absolute Gasteiger partial charge is 0.152 e. The number of nitrogens with one attached hydrogen (secondary N) is 2. The third-order valence-corrected chi connectivity index (χ3v) is 7.35. The topological polar surface area (TPSA) is 68.1 Å². The Kier molecular flexibility index (Phi) is 9.08. The van der Waals surface area contributed by atoms with Crippen LogP contribution in [0.2, 0.25) is 0 Å². The maximum absolute atomic E-state index is 13.1. The standard InChI is InChI=1S/C33H44N4O2/c1-8-32(38)28(34-22(4)5)17-24-19-36(30-15-11-9-13-26(24)30)37-20-25(27-14-10-12-16-31(27)37)18-29(35-23(6)7)33(39)21(2)3/h9-16,19-23,28-29,34-35H,8,17-18H2,1-7H3/t28-,29-/m0/s1. The minimum Gasteiger partial charge on any atom is -0.305 e. The van der Waals surface area contributed by atoms with Crippen LogP contribution in [-0.4, -0.2) is 45.1 Å². The van der Waals surface area contributed by atoms with E-state index in [4.69, 9.17) is 0 Å². The highest BCUT2D eigenvalue weighted by Crippen LogP contribution is 2.28. The van der Waals surface area contributed by atoms with Gasteiger partial charge in [-0.2, -0.15) is 0 Å². The van der Waals surface area contributed by atoms with E-state index in [1.807, 2.05) is 20.8 Å². The van der Waals surface area contributed by atoms with Gasteiger partial charge < -0.3 is 10.6 Å². The molecule has 0 spiro atoms. The van der Waals surface area contributed by atoms with Crippen molar-refractivity contribution in [1.82, 2.24) is 20.0 Å². The quantitative estimate of drug-likeness (QED) is 0.226. The summed E-state index contributed by atoms with van der Waals surface area (Å²) in [6.07, 6.45) is 6.11. The molecule has 0 saturated carbocycles. The molecule has 0 bridgehead atoms. The van der Waals surface area contributed by atoms with E-state index in [2.05, 4.69) is 109 Å². The molecule has 2 atom stereocenters. The van der Waals surface area contributed by atoms with Crippen molar-refractivity contribution in [3.05, 3.63) is 72.1 Å². The average Bonchev–Trinajstić information content (AvgIpc) is 3.44. The van der Waals surface area contributed by atoms with E-state index in [1.54, 1.807) is 0 Å². The summed E-state index contributed by atoms with van der Waals surface area (Å²) in [6, 6.07) is 16.7. The van der Waals surface area contributed by atoms with Gasteiger partial charge in [0.05, 0.1) is 23.1 Å². The average molecular weight is 529 g/mol. The Balaban J connectivity index is 1.81. The molecular weight excluding hydrogens is 484 g/mol. The molecule has 6 heteroatoms. The fourth-order valence-electron chi connectivity index (χ4n) is 5.55. The van der Waals surface area contributed by atoms with Crippen LogP contribution in [-0.2, 0) is 22.4 Å². The van der Waals surface area contributed by atoms with Gasteiger partial charge in [-0.25, -0.2) is 0 Å². The summed E-state index contributed by atoms with van der Waals surface area (Å²) in [6.45, 7) is 14.2. The van der Waals surface area contributed by atoms with Crippen molar-refractivity contribution in [2.24, 2.45) is 5.92 Å². The second kappa shape index (κ2) is 12.3. The lowest BCUT2D eigenvalue weighted by Crippen LogP contribution is -2.44. The fraction of sp³-hybridized carbons (Fsp3) is 0.455. The van der Waals surface area contributed by atoms with Crippen molar-refractivity contribution >= 4 is 33.4 Å². The van der Waals surface area contributed by atoms with Crippen LogP contribution < -0.4 is 10.6 Å². The molecule has 0 aliphatic rings. The van der Waals surface area contributed by atoms with Gasteiger partial charge in [-0.15, -0.1) is 0 Å². The molecule has 2 N–H and O–H groups in total. The Morgan fingerprint density at radius 1 is 0.692 bits per heavy atom. The van der Waals surface area contributed by atoms with E-state index in [9.17, 15) is 9.59 Å². The van der Waals surface area contributed by atoms with Crippen LogP contribution >= 0.6 is 0 Å². The molecule has 2 aromatic carbocycles. The summed E-state index contributed by atoms with van der Waals surface area (Å²) in [5.74, 6) is 0.426. The second-order valence-electron chi connectivity index (χ2n) is 11.6. The summed E-state index contributed by atoms with van der Waals surface area (Å²) >= 11 is 0. The molecule has 0 aliphatic heterocycles. The molecule has 0 fully saturated rings. The van der Waals surface area contributed by atoms with Gasteiger partial charge in [-0.3, -0.25) is 18.9 Å². The first-order chi connectivity index (χ1) is 18.6. The third kappa shape index (κ3) is 6.34. The Hall–Kier alpha value is -3.22. The van der Waals surface area contributed by atoms with Gasteiger partial charge in [-0.05, 0) is 36.1 Å². The number of fused-ring (bicyclic) bond motifs is 2. The van der Waals surface area contributed by atoms with Gasteiger partial charge in [0.1, 0.15) is 5.78 Å². The van der Waals surface area contributed by atoms with Crippen molar-refractivity contribution in [2.45, 2.75) is 91.9 Å². The van der Waals surface area contributed by atoms with Crippen molar-refractivity contribution in [3.8, 4) is 0 Å². The van der Waals surface area contributed by atoms with E-state index in [1.165, 1.54) is 0 Å². The first kappa shape index (κ1) is 28.8. The molecule has 39 heavy (non-hydrogen) atoms. The molecule has 2 aromatic heterocycles. The number of ketones is 2. The number of carbonyl (C=O) groups excluding carboxylic acids is 2. The molecule has 2 heterocycles. The van der Waals surface area contributed by atoms with Gasteiger partial charge in [0.15, 0.2) is 5.78 Å². The Morgan fingerprint density at radius 2 is 1.13 bits per heavy atom. The zero-order valence-corrected chi connectivity index (χ0v) is 24.5. The molecule has 0 radical (unpaired) electrons. The Bertz CT molecular complexity index is 1440. The second-order valence-corrected chi connectivity index (χ2v) is 11.6. The number of hydrogen-bond donors (Lipinski definition) is 2. The Labute approximate surface area is 232 Å². The summed E-state index contributed by atoms with van der Waals surface area (Å²) in [7, 11) is 0. The first-order valence-corrected chi connectivity index (χ1v) is 14.4. The van der Waals surface area contributed by atoms with Crippen LogP contribution in [0, 0.1) is 5.92 Å². The van der Waals surface area contributed by atoms with E-state index < -0.39 is 0 Å². The number of Topliss-reactive ketones (excluding diaryl/α,β-unsaturated/α-hetero) is 2. The van der Waals surface area contributed by atoms with Crippen molar-refractivity contribution in [2.75, 3.05) is 0 Å². The van der Waals surface area contributed by atoms with Crippen LogP contribution in [0.25, 0.3) is 21.8 Å². The molecule has 6 nitrogen and oxygen atoms in total. The minimum atomic E-state index is -0.246. The number of aromatic nitrogens is 2. The predicted molar refractivity (Wildman–Crippen MR) is 161 cm³/mol. The van der Waals surface area contributed by atoms with E-state index in [-0.39, 0.29) is 41.7 Å². The third-order valence-electron chi connectivity index (χ3n) is 7.35. The summed E-state index contributed by atoms with van der Waals surface area (Å²) < 4.78 is 4.38. The van der Waals surface area contributed by atoms with E-state index in [0.717, 1.165) is 32.9 Å². The lowest BCUT2D eigenvalue weighted by Gasteiger charge is -2.21. The highest BCUT2D eigenvalue weighted by atomic mass is 16.1. The number of carbonyl (C=O) groups is 2. The predicted octanol–water partition coefficient (Wildman–Crippen LogP) is 5.93. The zero-order valence-electron chi connectivity index (χ0n) is 24.5. The monoisotopic (exact) mass is 528 g/mol. The number of benzene rings is 2. The molecule has 0 unspecified atom stereocenters. The molecule has 208 valence electrons. The number of hydrogen-bond acceptors (Lipinski definition) is 4. The van der Waals surface area contributed by atoms with Gasteiger partial charge in [0.25, 0.3) is 0 Å². The molecule has 0 saturated heterocycles. The molecule has 4 rings (SSSR count). The van der Waals surface area contributed by atoms with Gasteiger partial charge in [0.2, 0.25) is 0 Å². The van der Waals surface area contributed by atoms with Gasteiger partial charge >= 0.3 is 0 Å². The lowest BCUT2D eigenvalue weighted by molar-refractivity contribution is -0.124. The lowest BCUT2D eigenvalue weighted by atomic mass is 9.95. The summed E-state index contributed by atoms with van der Waals surface area (Å²) in [5.41, 5.74) is 4.44. The Morgan fingerprint density at radius 3 is 1.56 bits per heavy atom. The highest BCUT2D eigenvalue weighted by Gasteiger charge is 2.25. The molecule has 4 aromatic rings. The molecule has 0 aliphatic carbocycles. The summed E-state index contributed by atoms with van der Waals surface area (Å²) in [5, 5.41) is 9.27. The van der Waals surface area contributed by atoms with Crippen LogP contribution in [0.5, 0.6) is 0 Å².